The first-order valence-corrected chi connectivity index (χ1v) is 8.83. The highest BCUT2D eigenvalue weighted by Crippen LogP contribution is 2.42. The molecule has 0 amide bonds. The molecule has 9 heteroatoms. The molecule has 3 heterocycles. The standard InChI is InChI=1S/C14H9NO6S2/c16-9-3-4-19-14-12(9)8(6-10-13(14)21-7-20-10)15-23(17,18)11-2-1-5-22-11/h1-6,15H,7H2. The van der Waals surface area contributed by atoms with Crippen molar-refractivity contribution in [2.75, 3.05) is 11.5 Å². The molecule has 3 aromatic rings. The molecule has 1 aliphatic heterocycles. The summed E-state index contributed by atoms with van der Waals surface area (Å²) in [7, 11) is -3.80. The lowest BCUT2D eigenvalue weighted by atomic mass is 10.1. The predicted molar refractivity (Wildman–Crippen MR) is 83.7 cm³/mol. The van der Waals surface area contributed by atoms with Crippen molar-refractivity contribution in [3.63, 3.8) is 0 Å². The Balaban J connectivity index is 1.95. The van der Waals surface area contributed by atoms with E-state index in [9.17, 15) is 13.2 Å². The lowest BCUT2D eigenvalue weighted by Gasteiger charge is -2.10. The first-order valence-electron chi connectivity index (χ1n) is 6.47. The van der Waals surface area contributed by atoms with Crippen LogP contribution >= 0.6 is 11.3 Å². The van der Waals surface area contributed by atoms with Crippen molar-refractivity contribution < 1.29 is 22.3 Å². The van der Waals surface area contributed by atoms with E-state index in [2.05, 4.69) is 4.72 Å². The molecule has 0 bridgehead atoms. The van der Waals surface area contributed by atoms with Crippen LogP contribution in [0.2, 0.25) is 0 Å². The molecule has 0 radical (unpaired) electrons. The van der Waals surface area contributed by atoms with Gasteiger partial charge in [-0.1, -0.05) is 6.07 Å². The fourth-order valence-corrected chi connectivity index (χ4v) is 4.36. The Kier molecular flexibility index (Phi) is 3.06. The highest BCUT2D eigenvalue weighted by molar-refractivity contribution is 7.94. The fourth-order valence-electron chi connectivity index (χ4n) is 2.31. The zero-order valence-corrected chi connectivity index (χ0v) is 13.1. The van der Waals surface area contributed by atoms with E-state index in [-0.39, 0.29) is 38.8 Å². The summed E-state index contributed by atoms with van der Waals surface area (Å²) in [6, 6.07) is 5.75. The van der Waals surface area contributed by atoms with Crippen LogP contribution in [0.25, 0.3) is 11.0 Å². The molecule has 0 spiro atoms. The number of rotatable bonds is 3. The number of sulfonamides is 1. The number of thiophene rings is 1. The first kappa shape index (κ1) is 14.1. The largest absolute Gasteiger partial charge is 0.460 e. The molecule has 23 heavy (non-hydrogen) atoms. The molecular formula is C14H9NO6S2. The minimum absolute atomic E-state index is 0.0236. The molecule has 0 atom stereocenters. The summed E-state index contributed by atoms with van der Waals surface area (Å²) in [5, 5.41) is 1.75. The molecule has 0 fully saturated rings. The van der Waals surface area contributed by atoms with Crippen LogP contribution in [0.3, 0.4) is 0 Å². The topological polar surface area (TPSA) is 94.8 Å². The van der Waals surface area contributed by atoms with Gasteiger partial charge in [-0.15, -0.1) is 11.3 Å². The van der Waals surface area contributed by atoms with Crippen LogP contribution in [-0.4, -0.2) is 15.2 Å². The van der Waals surface area contributed by atoms with Crippen LogP contribution in [0, 0.1) is 0 Å². The predicted octanol–water partition coefficient (Wildman–Crippen LogP) is 2.38. The van der Waals surface area contributed by atoms with E-state index in [0.29, 0.717) is 5.75 Å². The third-order valence-electron chi connectivity index (χ3n) is 3.28. The van der Waals surface area contributed by atoms with Crippen LogP contribution in [0.5, 0.6) is 11.5 Å². The van der Waals surface area contributed by atoms with Gasteiger partial charge in [-0.2, -0.15) is 0 Å². The molecule has 0 aliphatic carbocycles. The van der Waals surface area contributed by atoms with E-state index in [4.69, 9.17) is 13.9 Å². The second-order valence-corrected chi connectivity index (χ2v) is 7.54. The number of ether oxygens (including phenoxy) is 2. The van der Waals surface area contributed by atoms with Gasteiger partial charge in [0, 0.05) is 12.1 Å². The Morgan fingerprint density at radius 1 is 1.22 bits per heavy atom. The van der Waals surface area contributed by atoms with Crippen molar-refractivity contribution in [2.45, 2.75) is 4.21 Å². The van der Waals surface area contributed by atoms with E-state index in [1.54, 1.807) is 11.4 Å². The van der Waals surface area contributed by atoms with Crippen molar-refractivity contribution in [3.05, 3.63) is 46.1 Å². The number of hydrogen-bond donors (Lipinski definition) is 1. The number of nitrogens with one attached hydrogen (secondary N) is 1. The van der Waals surface area contributed by atoms with E-state index < -0.39 is 10.0 Å². The molecule has 4 rings (SSSR count). The van der Waals surface area contributed by atoms with Gasteiger partial charge in [0.25, 0.3) is 10.0 Å². The Bertz CT molecular complexity index is 1050. The number of hydrogen-bond acceptors (Lipinski definition) is 7. The second kappa shape index (κ2) is 5.00. The van der Waals surface area contributed by atoms with Gasteiger partial charge in [-0.3, -0.25) is 9.52 Å². The average Bonchev–Trinajstić information content (AvgIpc) is 3.18. The molecule has 0 unspecified atom stereocenters. The van der Waals surface area contributed by atoms with E-state index in [1.807, 2.05) is 0 Å². The molecule has 1 aromatic carbocycles. The normalized spacial score (nSPS) is 13.4. The highest BCUT2D eigenvalue weighted by atomic mass is 32.2. The molecule has 2 aromatic heterocycles. The maximum Gasteiger partial charge on any atom is 0.271 e. The maximum absolute atomic E-state index is 12.4. The zero-order valence-electron chi connectivity index (χ0n) is 11.4. The molecule has 1 N–H and O–H groups in total. The Morgan fingerprint density at radius 3 is 2.87 bits per heavy atom. The zero-order chi connectivity index (χ0) is 16.0. The van der Waals surface area contributed by atoms with Gasteiger partial charge in [-0.05, 0) is 11.4 Å². The number of benzene rings is 1. The van der Waals surface area contributed by atoms with Crippen molar-refractivity contribution in [1.29, 1.82) is 0 Å². The van der Waals surface area contributed by atoms with Gasteiger partial charge in [-0.25, -0.2) is 8.42 Å². The maximum atomic E-state index is 12.4. The summed E-state index contributed by atoms with van der Waals surface area (Å²) in [6.45, 7) is -0.0236. The van der Waals surface area contributed by atoms with Gasteiger partial charge in [0.15, 0.2) is 16.8 Å². The van der Waals surface area contributed by atoms with E-state index in [1.165, 1.54) is 24.5 Å². The van der Waals surface area contributed by atoms with E-state index in [0.717, 1.165) is 11.3 Å². The monoisotopic (exact) mass is 351 g/mol. The molecule has 118 valence electrons. The van der Waals surface area contributed by atoms with Gasteiger partial charge in [0.2, 0.25) is 12.5 Å². The van der Waals surface area contributed by atoms with Crippen LogP contribution in [0.1, 0.15) is 0 Å². The van der Waals surface area contributed by atoms with Crippen molar-refractivity contribution in [2.24, 2.45) is 0 Å². The third-order valence-corrected chi connectivity index (χ3v) is 6.04. The van der Waals surface area contributed by atoms with Gasteiger partial charge < -0.3 is 13.9 Å². The average molecular weight is 351 g/mol. The smallest absolute Gasteiger partial charge is 0.271 e. The Hall–Kier alpha value is -2.52. The minimum Gasteiger partial charge on any atom is -0.460 e. The Morgan fingerprint density at radius 2 is 2.09 bits per heavy atom. The fraction of sp³-hybridized carbons (Fsp3) is 0.0714. The lowest BCUT2D eigenvalue weighted by molar-refractivity contribution is 0.174. The van der Waals surface area contributed by atoms with Crippen molar-refractivity contribution in [1.82, 2.24) is 0 Å². The molecular weight excluding hydrogens is 342 g/mol. The van der Waals surface area contributed by atoms with Crippen LogP contribution in [0.15, 0.2) is 49.3 Å². The summed E-state index contributed by atoms with van der Waals surface area (Å²) in [6.07, 6.45) is 1.23. The highest BCUT2D eigenvalue weighted by Gasteiger charge is 2.25. The summed E-state index contributed by atoms with van der Waals surface area (Å²) in [5.74, 6) is 0.604. The summed E-state index contributed by atoms with van der Waals surface area (Å²) in [4.78, 5) is 12.2. The molecule has 0 saturated carbocycles. The molecule has 1 aliphatic rings. The van der Waals surface area contributed by atoms with Gasteiger partial charge in [0.1, 0.15) is 4.21 Å². The molecule has 7 nitrogen and oxygen atoms in total. The number of anilines is 1. The summed E-state index contributed by atoms with van der Waals surface area (Å²) in [5.41, 5.74) is -0.142. The quantitative estimate of drug-likeness (QED) is 0.778. The van der Waals surface area contributed by atoms with Crippen molar-refractivity contribution >= 4 is 38.0 Å². The Labute approximate surface area is 134 Å². The summed E-state index contributed by atoms with van der Waals surface area (Å²) >= 11 is 1.08. The summed E-state index contributed by atoms with van der Waals surface area (Å²) < 4.78 is 43.3. The van der Waals surface area contributed by atoms with Gasteiger partial charge >= 0.3 is 0 Å². The lowest BCUT2D eigenvalue weighted by Crippen LogP contribution is -2.14. The van der Waals surface area contributed by atoms with E-state index >= 15 is 0 Å². The van der Waals surface area contributed by atoms with Crippen LogP contribution in [-0.2, 0) is 10.0 Å². The SMILES string of the molecule is O=c1ccoc2c3c(cc(NS(=O)(=O)c4cccs4)c12)OCO3. The molecule has 0 saturated heterocycles. The van der Waals surface area contributed by atoms with Crippen LogP contribution < -0.4 is 19.6 Å². The van der Waals surface area contributed by atoms with Crippen LogP contribution in [0.4, 0.5) is 5.69 Å². The first-order chi connectivity index (χ1) is 11.1. The minimum atomic E-state index is -3.80. The second-order valence-electron chi connectivity index (χ2n) is 4.68. The number of fused-ring (bicyclic) bond motifs is 3. The third kappa shape index (κ3) is 2.25. The van der Waals surface area contributed by atoms with Gasteiger partial charge in [0.05, 0.1) is 17.3 Å². The van der Waals surface area contributed by atoms with Crippen molar-refractivity contribution in [3.8, 4) is 11.5 Å².